The summed E-state index contributed by atoms with van der Waals surface area (Å²) in [6.07, 6.45) is 0.144. The van der Waals surface area contributed by atoms with E-state index in [4.69, 9.17) is 4.74 Å². The van der Waals surface area contributed by atoms with Crippen molar-refractivity contribution in [3.05, 3.63) is 58.3 Å². The fraction of sp³-hybridized carbons (Fsp3) is 0.300. The molecule has 6 heteroatoms. The lowest BCUT2D eigenvalue weighted by atomic mass is 10.1. The van der Waals surface area contributed by atoms with E-state index in [1.807, 2.05) is 39.0 Å². The third-order valence-electron chi connectivity index (χ3n) is 3.71. The maximum atomic E-state index is 12.0. The number of rotatable bonds is 7. The summed E-state index contributed by atoms with van der Waals surface area (Å²) >= 11 is 1.34. The van der Waals surface area contributed by atoms with Gasteiger partial charge in [-0.05, 0) is 32.4 Å². The van der Waals surface area contributed by atoms with Crippen LogP contribution in [-0.4, -0.2) is 29.1 Å². The van der Waals surface area contributed by atoms with Crippen molar-refractivity contribution in [2.24, 2.45) is 0 Å². The van der Waals surface area contributed by atoms with Crippen molar-refractivity contribution in [3.8, 4) is 6.07 Å². The summed E-state index contributed by atoms with van der Waals surface area (Å²) in [5.74, 6) is -0.239. The van der Waals surface area contributed by atoms with E-state index in [1.165, 1.54) is 11.8 Å². The van der Waals surface area contributed by atoms with Crippen LogP contribution in [0.1, 0.15) is 39.2 Å². The molecule has 5 nitrogen and oxygen atoms in total. The molecule has 26 heavy (non-hydrogen) atoms. The molecule has 1 aromatic heterocycles. The maximum Gasteiger partial charge on any atom is 0.307 e. The molecular formula is C20H20N2O3S. The number of carbonyl (C=O) groups is 2. The van der Waals surface area contributed by atoms with Crippen LogP contribution < -0.4 is 0 Å². The number of benzene rings is 1. The Morgan fingerprint density at radius 3 is 2.54 bits per heavy atom. The van der Waals surface area contributed by atoms with E-state index in [9.17, 15) is 14.9 Å². The van der Waals surface area contributed by atoms with Crippen LogP contribution in [-0.2, 0) is 9.53 Å². The Kier molecular flexibility index (Phi) is 6.93. The van der Waals surface area contributed by atoms with Crippen molar-refractivity contribution < 1.29 is 14.3 Å². The van der Waals surface area contributed by atoms with Crippen molar-refractivity contribution in [2.45, 2.75) is 32.2 Å². The fourth-order valence-electron chi connectivity index (χ4n) is 2.31. The van der Waals surface area contributed by atoms with Crippen LogP contribution in [0.25, 0.3) is 0 Å². The van der Waals surface area contributed by atoms with Gasteiger partial charge in [0.25, 0.3) is 0 Å². The summed E-state index contributed by atoms with van der Waals surface area (Å²) in [4.78, 5) is 28.2. The van der Waals surface area contributed by atoms with Crippen LogP contribution in [0, 0.1) is 32.1 Å². The molecule has 0 saturated carbocycles. The van der Waals surface area contributed by atoms with E-state index in [0.717, 1.165) is 16.8 Å². The Balaban J connectivity index is 1.82. The summed E-state index contributed by atoms with van der Waals surface area (Å²) in [6.45, 7) is 5.40. The van der Waals surface area contributed by atoms with Gasteiger partial charge in [-0.1, -0.05) is 29.8 Å². The first kappa shape index (κ1) is 19.7. The Hall–Kier alpha value is -2.65. The second-order valence-corrected chi connectivity index (χ2v) is 7.00. The molecule has 0 aliphatic rings. The van der Waals surface area contributed by atoms with E-state index in [2.05, 4.69) is 11.1 Å². The molecule has 1 heterocycles. The molecule has 0 saturated heterocycles. The lowest BCUT2D eigenvalue weighted by Gasteiger charge is -2.07. The summed E-state index contributed by atoms with van der Waals surface area (Å²) in [6, 6.07) is 11.1. The lowest BCUT2D eigenvalue weighted by Crippen LogP contribution is -2.14. The first-order chi connectivity index (χ1) is 12.4. The average Bonchev–Trinajstić information content (AvgIpc) is 2.60. The zero-order chi connectivity index (χ0) is 19.1. The Bertz CT molecular complexity index is 855. The molecule has 0 bridgehead atoms. The van der Waals surface area contributed by atoms with Gasteiger partial charge < -0.3 is 4.74 Å². The van der Waals surface area contributed by atoms with E-state index in [1.54, 1.807) is 12.1 Å². The Morgan fingerprint density at radius 2 is 1.88 bits per heavy atom. The second kappa shape index (κ2) is 9.16. The molecule has 0 radical (unpaired) electrons. The Morgan fingerprint density at radius 1 is 1.19 bits per heavy atom. The van der Waals surface area contributed by atoms with Crippen LogP contribution in [0.15, 0.2) is 35.4 Å². The highest BCUT2D eigenvalue weighted by atomic mass is 32.2. The number of hydrogen-bond acceptors (Lipinski definition) is 6. The zero-order valence-corrected chi connectivity index (χ0v) is 15.9. The number of ketones is 1. The minimum absolute atomic E-state index is 0.144. The van der Waals surface area contributed by atoms with E-state index in [0.29, 0.717) is 21.9 Å². The molecule has 0 N–H and O–H groups in total. The van der Waals surface area contributed by atoms with Gasteiger partial charge in [-0.3, -0.25) is 9.59 Å². The van der Waals surface area contributed by atoms with Gasteiger partial charge >= 0.3 is 5.97 Å². The molecule has 0 unspecified atom stereocenters. The Labute approximate surface area is 157 Å². The fourth-order valence-corrected chi connectivity index (χ4v) is 3.34. The van der Waals surface area contributed by atoms with Gasteiger partial charge in [0.1, 0.15) is 11.1 Å². The van der Waals surface area contributed by atoms with Crippen LogP contribution in [0.2, 0.25) is 0 Å². The smallest absolute Gasteiger partial charge is 0.307 e. The highest BCUT2D eigenvalue weighted by molar-refractivity contribution is 7.99. The van der Waals surface area contributed by atoms with Crippen LogP contribution >= 0.6 is 11.8 Å². The minimum Gasteiger partial charge on any atom is -0.457 e. The molecule has 0 aliphatic carbocycles. The predicted octanol–water partition coefficient (Wildman–Crippen LogP) is 3.79. The lowest BCUT2D eigenvalue weighted by molar-refractivity contribution is -0.141. The number of nitriles is 1. The third-order valence-corrected chi connectivity index (χ3v) is 4.68. The maximum absolute atomic E-state index is 12.0. The van der Waals surface area contributed by atoms with Gasteiger partial charge in [0.2, 0.25) is 0 Å². The standard InChI is InChI=1S/C20H20N2O3S/c1-13-4-6-16(7-5-13)18(23)12-25-19(24)8-9-26-20-17(11-21)14(2)10-15(3)22-20/h4-7,10H,8-9,12H2,1-3H3. The van der Waals surface area contributed by atoms with Crippen LogP contribution in [0.3, 0.4) is 0 Å². The first-order valence-corrected chi connectivity index (χ1v) is 9.16. The number of thioether (sulfide) groups is 1. The first-order valence-electron chi connectivity index (χ1n) is 8.17. The van der Waals surface area contributed by atoms with Gasteiger partial charge in [0.15, 0.2) is 12.4 Å². The predicted molar refractivity (Wildman–Crippen MR) is 100 cm³/mol. The van der Waals surface area contributed by atoms with E-state index in [-0.39, 0.29) is 18.8 Å². The topological polar surface area (TPSA) is 80.1 Å². The number of carbonyl (C=O) groups excluding carboxylic acids is 2. The number of esters is 1. The summed E-state index contributed by atoms with van der Waals surface area (Å²) in [5.41, 5.74) is 3.82. The quantitative estimate of drug-likeness (QED) is 0.420. The van der Waals surface area contributed by atoms with Crippen molar-refractivity contribution in [1.82, 2.24) is 4.98 Å². The molecule has 1 aromatic carbocycles. The van der Waals surface area contributed by atoms with E-state index < -0.39 is 5.97 Å². The van der Waals surface area contributed by atoms with Crippen molar-refractivity contribution in [1.29, 1.82) is 5.26 Å². The van der Waals surface area contributed by atoms with Crippen molar-refractivity contribution >= 4 is 23.5 Å². The van der Waals surface area contributed by atoms with Crippen LogP contribution in [0.5, 0.6) is 0 Å². The number of ether oxygens (including phenoxy) is 1. The largest absolute Gasteiger partial charge is 0.457 e. The van der Waals surface area contributed by atoms with Gasteiger partial charge in [-0.15, -0.1) is 11.8 Å². The zero-order valence-electron chi connectivity index (χ0n) is 15.0. The molecule has 0 aliphatic heterocycles. The molecule has 0 atom stereocenters. The SMILES string of the molecule is Cc1ccc(C(=O)COC(=O)CCSc2nc(C)cc(C)c2C#N)cc1. The number of pyridine rings is 1. The summed E-state index contributed by atoms with van der Waals surface area (Å²) in [5, 5.41) is 9.86. The number of aromatic nitrogens is 1. The molecule has 0 spiro atoms. The molecule has 2 aromatic rings. The third kappa shape index (κ3) is 5.43. The van der Waals surface area contributed by atoms with Crippen LogP contribution in [0.4, 0.5) is 0 Å². The normalized spacial score (nSPS) is 10.2. The number of Topliss-reactive ketones (excluding diaryl/α,β-unsaturated/α-hetero) is 1. The monoisotopic (exact) mass is 368 g/mol. The van der Waals surface area contributed by atoms with Gasteiger partial charge in [-0.25, -0.2) is 4.98 Å². The molecule has 134 valence electrons. The number of hydrogen-bond donors (Lipinski definition) is 0. The number of aryl methyl sites for hydroxylation is 3. The molecular weight excluding hydrogens is 348 g/mol. The molecule has 0 fully saturated rings. The van der Waals surface area contributed by atoms with E-state index >= 15 is 0 Å². The van der Waals surface area contributed by atoms with Gasteiger partial charge in [0, 0.05) is 17.0 Å². The second-order valence-electron chi connectivity index (χ2n) is 5.92. The summed E-state index contributed by atoms with van der Waals surface area (Å²) < 4.78 is 5.04. The number of nitrogens with zero attached hydrogens (tertiary/aromatic N) is 2. The van der Waals surface area contributed by atoms with Gasteiger partial charge in [0.05, 0.1) is 12.0 Å². The average molecular weight is 368 g/mol. The highest BCUT2D eigenvalue weighted by Crippen LogP contribution is 2.24. The molecule has 0 amide bonds. The molecule has 2 rings (SSSR count). The van der Waals surface area contributed by atoms with Gasteiger partial charge in [-0.2, -0.15) is 5.26 Å². The van der Waals surface area contributed by atoms with Crippen molar-refractivity contribution in [3.63, 3.8) is 0 Å². The van der Waals surface area contributed by atoms with Crippen molar-refractivity contribution in [2.75, 3.05) is 12.4 Å². The minimum atomic E-state index is -0.444. The summed E-state index contributed by atoms with van der Waals surface area (Å²) in [7, 11) is 0. The highest BCUT2D eigenvalue weighted by Gasteiger charge is 2.12.